The van der Waals surface area contributed by atoms with Crippen LogP contribution in [0.3, 0.4) is 0 Å². The fourth-order valence-corrected chi connectivity index (χ4v) is 7.79. The van der Waals surface area contributed by atoms with Gasteiger partial charge in [0.1, 0.15) is 17.2 Å². The Bertz CT molecular complexity index is 1370. The second kappa shape index (κ2) is 9.30. The number of carbonyl (C=O) groups excluding carboxylic acids is 1. The molecular formula is C22H23ClF2N2O6S2. The summed E-state index contributed by atoms with van der Waals surface area (Å²) in [5, 5.41) is 0.284. The summed E-state index contributed by atoms with van der Waals surface area (Å²) in [7, 11) is -8.15. The molecule has 2 aromatic rings. The zero-order chi connectivity index (χ0) is 25.6. The Labute approximate surface area is 207 Å². The molecule has 1 amide bonds. The maximum atomic E-state index is 15.3. The lowest BCUT2D eigenvalue weighted by Crippen LogP contribution is -2.65. The van der Waals surface area contributed by atoms with Crippen LogP contribution >= 0.6 is 11.6 Å². The van der Waals surface area contributed by atoms with Gasteiger partial charge < -0.3 is 9.64 Å². The van der Waals surface area contributed by atoms with E-state index in [4.69, 9.17) is 16.3 Å². The molecule has 0 unspecified atom stereocenters. The highest BCUT2D eigenvalue weighted by Crippen LogP contribution is 2.53. The predicted octanol–water partition coefficient (Wildman–Crippen LogP) is 2.61. The summed E-state index contributed by atoms with van der Waals surface area (Å²) in [6.45, 7) is 0.459. The van der Waals surface area contributed by atoms with Crippen LogP contribution in [-0.2, 0) is 29.4 Å². The van der Waals surface area contributed by atoms with Crippen LogP contribution in [0.15, 0.2) is 41.3 Å². The monoisotopic (exact) mass is 548 g/mol. The van der Waals surface area contributed by atoms with Crippen molar-refractivity contribution in [3.8, 4) is 5.75 Å². The van der Waals surface area contributed by atoms with Gasteiger partial charge in [0, 0.05) is 11.6 Å². The fourth-order valence-electron chi connectivity index (χ4n) is 4.78. The number of carbonyl (C=O) groups is 1. The van der Waals surface area contributed by atoms with Crippen molar-refractivity contribution in [2.45, 2.75) is 35.4 Å². The first-order valence-electron chi connectivity index (χ1n) is 10.8. The summed E-state index contributed by atoms with van der Waals surface area (Å²) in [5.74, 6) is -3.38. The topological polar surface area (TPSA) is 110 Å². The van der Waals surface area contributed by atoms with Crippen LogP contribution in [0.2, 0.25) is 5.02 Å². The first kappa shape index (κ1) is 25.8. The molecule has 1 N–H and O–H groups in total. The Morgan fingerprint density at radius 1 is 1.14 bits per heavy atom. The van der Waals surface area contributed by atoms with E-state index in [0.29, 0.717) is 0 Å². The van der Waals surface area contributed by atoms with E-state index in [-0.39, 0.29) is 35.1 Å². The Morgan fingerprint density at radius 3 is 2.46 bits per heavy atom. The number of fused-ring (bicyclic) bond motifs is 3. The summed E-state index contributed by atoms with van der Waals surface area (Å²) in [5.41, 5.74) is -0.477. The maximum Gasteiger partial charge on any atom is 0.238 e. The van der Waals surface area contributed by atoms with E-state index in [1.54, 1.807) is 0 Å². The molecule has 0 spiro atoms. The van der Waals surface area contributed by atoms with Crippen molar-refractivity contribution in [3.63, 3.8) is 0 Å². The third-order valence-electron chi connectivity index (χ3n) is 6.48. The van der Waals surface area contributed by atoms with Gasteiger partial charge in [0.15, 0.2) is 21.4 Å². The first-order valence-corrected chi connectivity index (χ1v) is 14.3. The average Bonchev–Trinajstić information content (AvgIpc) is 2.84. The van der Waals surface area contributed by atoms with Gasteiger partial charge >= 0.3 is 0 Å². The van der Waals surface area contributed by atoms with Crippen molar-refractivity contribution >= 4 is 37.4 Å². The quantitative estimate of drug-likeness (QED) is 0.594. The zero-order valence-electron chi connectivity index (χ0n) is 18.6. The lowest BCUT2D eigenvalue weighted by Gasteiger charge is -2.51. The minimum Gasteiger partial charge on any atom is -0.488 e. The van der Waals surface area contributed by atoms with Crippen LogP contribution in [0.5, 0.6) is 5.75 Å². The van der Waals surface area contributed by atoms with Crippen molar-refractivity contribution in [1.29, 1.82) is 0 Å². The van der Waals surface area contributed by atoms with E-state index in [2.05, 4.69) is 4.72 Å². The van der Waals surface area contributed by atoms with Crippen LogP contribution in [0.4, 0.5) is 8.78 Å². The van der Waals surface area contributed by atoms with Gasteiger partial charge in [0.25, 0.3) is 0 Å². The van der Waals surface area contributed by atoms with Gasteiger partial charge in [-0.2, -0.15) is 0 Å². The molecule has 0 aliphatic carbocycles. The number of sulfone groups is 1. The van der Waals surface area contributed by atoms with Gasteiger partial charge in [-0.1, -0.05) is 11.6 Å². The number of halogens is 3. The zero-order valence-corrected chi connectivity index (χ0v) is 21.0. The molecule has 8 nitrogen and oxygen atoms in total. The van der Waals surface area contributed by atoms with E-state index < -0.39 is 72.7 Å². The number of rotatable bonds is 6. The van der Waals surface area contributed by atoms with Gasteiger partial charge in [-0.15, -0.1) is 0 Å². The van der Waals surface area contributed by atoms with Crippen LogP contribution in [0.25, 0.3) is 0 Å². The lowest BCUT2D eigenvalue weighted by atomic mass is 9.80. The minimum absolute atomic E-state index is 0.0882. The van der Waals surface area contributed by atoms with Crippen LogP contribution in [0, 0.1) is 11.6 Å². The number of ether oxygens (including phenoxy) is 1. The van der Waals surface area contributed by atoms with Gasteiger partial charge in [-0.25, -0.2) is 30.3 Å². The molecule has 1 saturated heterocycles. The largest absolute Gasteiger partial charge is 0.488 e. The highest BCUT2D eigenvalue weighted by Gasteiger charge is 2.61. The normalized spacial score (nSPS) is 22.2. The molecule has 2 atom stereocenters. The number of sulfonamides is 1. The molecule has 13 heteroatoms. The van der Waals surface area contributed by atoms with Crippen LogP contribution < -0.4 is 9.46 Å². The highest BCUT2D eigenvalue weighted by molar-refractivity contribution is 7.92. The van der Waals surface area contributed by atoms with E-state index in [1.165, 1.54) is 36.1 Å². The first-order chi connectivity index (χ1) is 16.4. The van der Waals surface area contributed by atoms with Crippen molar-refractivity contribution in [2.75, 3.05) is 25.4 Å². The number of likely N-dealkylation sites (tertiary alicyclic amines) is 1. The van der Waals surface area contributed by atoms with Gasteiger partial charge in [0.2, 0.25) is 15.9 Å². The number of nitrogens with zero attached hydrogens (tertiary/aromatic N) is 1. The summed E-state index contributed by atoms with van der Waals surface area (Å²) in [4.78, 5) is 14.1. The molecule has 0 saturated carbocycles. The molecule has 0 bridgehead atoms. The van der Waals surface area contributed by atoms with Gasteiger partial charge in [-0.05, 0) is 56.2 Å². The number of amides is 1. The van der Waals surface area contributed by atoms with Crippen molar-refractivity contribution < 1.29 is 35.1 Å². The van der Waals surface area contributed by atoms with E-state index in [0.717, 1.165) is 12.1 Å². The molecule has 4 rings (SSSR count). The molecule has 190 valence electrons. The molecule has 2 aromatic carbocycles. The molecule has 35 heavy (non-hydrogen) atoms. The molecule has 2 aliphatic rings. The summed E-state index contributed by atoms with van der Waals surface area (Å²) >= 11 is 5.93. The number of hydrogen-bond acceptors (Lipinski definition) is 6. The van der Waals surface area contributed by atoms with E-state index in [1.807, 2.05) is 0 Å². The second-order valence-corrected chi connectivity index (χ2v) is 13.1. The predicted molar refractivity (Wildman–Crippen MR) is 124 cm³/mol. The summed E-state index contributed by atoms with van der Waals surface area (Å²) < 4.78 is 87.7. The fraction of sp³-hybridized carbons (Fsp3) is 0.409. The molecule has 2 aliphatic heterocycles. The third kappa shape index (κ3) is 4.30. The van der Waals surface area contributed by atoms with Gasteiger partial charge in [0.05, 0.1) is 28.8 Å². The highest BCUT2D eigenvalue weighted by atomic mass is 35.5. The van der Waals surface area contributed by atoms with Crippen molar-refractivity contribution in [2.24, 2.45) is 0 Å². The van der Waals surface area contributed by atoms with Gasteiger partial charge in [-0.3, -0.25) is 4.79 Å². The molecular weight excluding hydrogens is 526 g/mol. The van der Waals surface area contributed by atoms with Crippen LogP contribution in [0.1, 0.15) is 25.3 Å². The molecule has 0 radical (unpaired) electrons. The standard InChI is InChI=1S/C22H23ClF2N2O6S2/c1-2-34(29,30)26-12-19(28)27-11-3-10-22(35(31,32)15-6-4-14(23)5-7-15)18(27)13-33-21-17(25)9-8-16(24)20(21)22/h4-9,18,26H,2-3,10-13H2,1H3/t18-,22+/m0/s1. The third-order valence-corrected chi connectivity index (χ3v) is 10.6. The Kier molecular flexibility index (Phi) is 6.86. The molecule has 0 aromatic heterocycles. The Morgan fingerprint density at radius 2 is 1.80 bits per heavy atom. The molecule has 2 heterocycles. The minimum atomic E-state index is -4.45. The SMILES string of the molecule is CCS(=O)(=O)NCC(=O)N1CCC[C@]2(S(=O)(=O)c3ccc(Cl)cc3)c3c(F)ccc(F)c3OC[C@H]12. The van der Waals surface area contributed by atoms with Crippen molar-refractivity contribution in [1.82, 2.24) is 9.62 Å². The number of nitrogens with one attached hydrogen (secondary N) is 1. The lowest BCUT2D eigenvalue weighted by molar-refractivity contribution is -0.136. The second-order valence-electron chi connectivity index (χ2n) is 8.32. The number of benzene rings is 2. The smallest absolute Gasteiger partial charge is 0.238 e. The number of hydrogen-bond donors (Lipinski definition) is 1. The van der Waals surface area contributed by atoms with E-state index >= 15 is 4.39 Å². The number of piperidine rings is 1. The maximum absolute atomic E-state index is 15.3. The van der Waals surface area contributed by atoms with Crippen molar-refractivity contribution in [3.05, 3.63) is 58.6 Å². The summed E-state index contributed by atoms with van der Waals surface area (Å²) in [6.07, 6.45) is 0.0365. The average molecular weight is 549 g/mol. The molecule has 1 fully saturated rings. The Hall–Kier alpha value is -2.28. The van der Waals surface area contributed by atoms with Crippen LogP contribution in [-0.4, -0.2) is 59.1 Å². The Balaban J connectivity index is 1.89. The summed E-state index contributed by atoms with van der Waals surface area (Å²) in [6, 6.07) is 5.72. The van der Waals surface area contributed by atoms with E-state index in [9.17, 15) is 26.0 Å².